The number of esters is 2. The first-order valence-corrected chi connectivity index (χ1v) is 11.3. The Hall–Kier alpha value is -3.09. The van der Waals surface area contributed by atoms with Gasteiger partial charge >= 0.3 is 11.9 Å². The summed E-state index contributed by atoms with van der Waals surface area (Å²) < 4.78 is 40.1. The van der Waals surface area contributed by atoms with Gasteiger partial charge in [-0.05, 0) is 48.2 Å². The van der Waals surface area contributed by atoms with Gasteiger partial charge in [0.25, 0.3) is 5.79 Å². The number of Topliss-reactive ketones (excluding diaryl/α,β-unsaturated/α-hetero) is 1. The summed E-state index contributed by atoms with van der Waals surface area (Å²) in [4.78, 5) is 40.6. The van der Waals surface area contributed by atoms with Gasteiger partial charge in [0.15, 0.2) is 5.41 Å². The molecule has 0 unspecified atom stereocenters. The highest BCUT2D eigenvalue weighted by Crippen LogP contribution is 2.59. The zero-order chi connectivity index (χ0) is 23.2. The summed E-state index contributed by atoms with van der Waals surface area (Å²) in [5.74, 6) is -6.17. The maximum absolute atomic E-state index is 14.2. The van der Waals surface area contributed by atoms with Gasteiger partial charge in [-0.1, -0.05) is 30.7 Å². The smallest absolute Gasteiger partial charge is 0.328 e. The summed E-state index contributed by atoms with van der Waals surface area (Å²) in [7, 11) is 0. The van der Waals surface area contributed by atoms with Gasteiger partial charge in [-0.15, -0.1) is 0 Å². The lowest BCUT2D eigenvalue weighted by Crippen LogP contribution is -2.62. The van der Waals surface area contributed by atoms with E-state index in [1.54, 1.807) is 12.1 Å². The Bertz CT molecular complexity index is 1040. The van der Waals surface area contributed by atoms with Crippen molar-refractivity contribution >= 4 is 17.7 Å². The molecule has 3 fully saturated rings. The Morgan fingerprint density at radius 2 is 1.21 bits per heavy atom. The highest BCUT2D eigenvalue weighted by molar-refractivity contribution is 6.06. The summed E-state index contributed by atoms with van der Waals surface area (Å²) in [6.45, 7) is 0. The molecular formula is C26H24F2O5. The fraction of sp³-hybridized carbons (Fsp3) is 0.423. The summed E-state index contributed by atoms with van der Waals surface area (Å²) >= 11 is 0. The van der Waals surface area contributed by atoms with Crippen LogP contribution in [0.2, 0.25) is 0 Å². The minimum atomic E-state index is -1.92. The molecule has 2 spiro atoms. The summed E-state index contributed by atoms with van der Waals surface area (Å²) in [5.41, 5.74) is -1.26. The fourth-order valence-corrected chi connectivity index (χ4v) is 5.79. The molecule has 2 aromatic rings. The van der Waals surface area contributed by atoms with Gasteiger partial charge in [-0.2, -0.15) is 0 Å². The van der Waals surface area contributed by atoms with Crippen LogP contribution in [0.5, 0.6) is 0 Å². The molecule has 3 aliphatic rings. The predicted octanol–water partition coefficient (Wildman–Crippen LogP) is 4.94. The van der Waals surface area contributed by atoms with Gasteiger partial charge in [0.2, 0.25) is 0 Å². The van der Waals surface area contributed by atoms with Gasteiger partial charge in [0, 0.05) is 37.5 Å². The molecule has 5 nitrogen and oxygen atoms in total. The van der Waals surface area contributed by atoms with E-state index in [1.807, 2.05) is 0 Å². The van der Waals surface area contributed by atoms with E-state index in [0.29, 0.717) is 24.0 Å². The van der Waals surface area contributed by atoms with Crippen LogP contribution < -0.4 is 0 Å². The molecule has 7 heteroatoms. The molecule has 2 aromatic carbocycles. The topological polar surface area (TPSA) is 69.7 Å². The zero-order valence-corrected chi connectivity index (χ0v) is 18.0. The number of carbonyl (C=O) groups is 3. The molecule has 0 amide bonds. The highest BCUT2D eigenvalue weighted by atomic mass is 19.1. The summed E-state index contributed by atoms with van der Waals surface area (Å²) in [5, 5.41) is 0. The first-order chi connectivity index (χ1) is 15.8. The van der Waals surface area contributed by atoms with Gasteiger partial charge < -0.3 is 9.47 Å². The van der Waals surface area contributed by atoms with Gasteiger partial charge in [0.05, 0.1) is 0 Å². The second-order valence-corrected chi connectivity index (χ2v) is 9.28. The molecule has 172 valence electrons. The molecule has 1 aliphatic heterocycles. The van der Waals surface area contributed by atoms with Gasteiger partial charge in [0.1, 0.15) is 17.4 Å². The number of halogens is 2. The number of carbonyl (C=O) groups excluding carboxylic acids is 3. The number of hydrogen-bond donors (Lipinski definition) is 0. The normalized spacial score (nSPS) is 26.2. The maximum atomic E-state index is 14.2. The predicted molar refractivity (Wildman–Crippen MR) is 113 cm³/mol. The molecule has 1 heterocycles. The number of benzene rings is 2. The van der Waals surface area contributed by atoms with Crippen LogP contribution in [0.3, 0.4) is 0 Å². The third-order valence-electron chi connectivity index (χ3n) is 7.31. The van der Waals surface area contributed by atoms with E-state index in [-0.39, 0.29) is 18.6 Å². The van der Waals surface area contributed by atoms with Crippen molar-refractivity contribution in [2.75, 3.05) is 0 Å². The summed E-state index contributed by atoms with van der Waals surface area (Å²) in [6, 6.07) is 11.1. The van der Waals surface area contributed by atoms with Crippen molar-refractivity contribution in [1.29, 1.82) is 0 Å². The van der Waals surface area contributed by atoms with Crippen molar-refractivity contribution < 1.29 is 32.6 Å². The van der Waals surface area contributed by atoms with E-state index in [2.05, 4.69) is 0 Å². The van der Waals surface area contributed by atoms with Crippen LogP contribution in [-0.2, 0) is 23.9 Å². The van der Waals surface area contributed by atoms with E-state index < -0.39 is 46.6 Å². The number of ketones is 1. The van der Waals surface area contributed by atoms with Crippen LogP contribution in [0.4, 0.5) is 8.78 Å². The monoisotopic (exact) mass is 454 g/mol. The Morgan fingerprint density at radius 3 is 1.67 bits per heavy atom. The molecule has 5 rings (SSSR count). The molecule has 2 saturated carbocycles. The highest BCUT2D eigenvalue weighted by Gasteiger charge is 2.68. The number of hydrogen-bond acceptors (Lipinski definition) is 5. The van der Waals surface area contributed by atoms with E-state index in [0.717, 1.165) is 19.3 Å². The average molecular weight is 454 g/mol. The number of rotatable bonds is 2. The average Bonchev–Trinajstić information content (AvgIpc) is 2.78. The maximum Gasteiger partial charge on any atom is 0.328 e. The lowest BCUT2D eigenvalue weighted by Gasteiger charge is -2.52. The zero-order valence-electron chi connectivity index (χ0n) is 18.0. The van der Waals surface area contributed by atoms with Crippen LogP contribution in [0, 0.1) is 17.0 Å². The van der Waals surface area contributed by atoms with Crippen molar-refractivity contribution in [3.8, 4) is 0 Å². The Kier molecular flexibility index (Phi) is 5.30. The van der Waals surface area contributed by atoms with Crippen LogP contribution >= 0.6 is 0 Å². The molecule has 2 aliphatic carbocycles. The quantitative estimate of drug-likeness (QED) is 0.475. The largest absolute Gasteiger partial charge is 0.422 e. The van der Waals surface area contributed by atoms with Crippen molar-refractivity contribution in [3.63, 3.8) is 0 Å². The number of ether oxygens (including phenoxy) is 2. The van der Waals surface area contributed by atoms with Crippen LogP contribution in [-0.4, -0.2) is 23.5 Å². The van der Waals surface area contributed by atoms with Gasteiger partial charge in [-0.3, -0.25) is 14.4 Å². The standard InChI is InChI=1S/C26H24F2O5/c27-18-8-4-6-16(12-18)21-14-20(29)15-22(17-7-5-9-19(28)13-17)26(21)23(30)32-25(33-24(26)31)10-2-1-3-11-25/h4-9,12-13,21-22H,1-3,10-11,14-15H2/t21-,22+. The summed E-state index contributed by atoms with van der Waals surface area (Å²) in [6.07, 6.45) is 3.00. The Labute approximate surface area is 190 Å². The minimum Gasteiger partial charge on any atom is -0.422 e. The second-order valence-electron chi connectivity index (χ2n) is 9.28. The second kappa shape index (κ2) is 8.04. The van der Waals surface area contributed by atoms with E-state index in [1.165, 1.54) is 36.4 Å². The van der Waals surface area contributed by atoms with E-state index in [9.17, 15) is 23.2 Å². The first-order valence-electron chi connectivity index (χ1n) is 11.3. The van der Waals surface area contributed by atoms with Crippen LogP contribution in [0.25, 0.3) is 0 Å². The first kappa shape index (κ1) is 21.7. The molecule has 0 bridgehead atoms. The lowest BCUT2D eigenvalue weighted by atomic mass is 9.55. The molecule has 0 radical (unpaired) electrons. The Balaban J connectivity index is 1.69. The molecule has 1 saturated heterocycles. The third-order valence-corrected chi connectivity index (χ3v) is 7.31. The molecule has 33 heavy (non-hydrogen) atoms. The van der Waals surface area contributed by atoms with Crippen LogP contribution in [0.15, 0.2) is 48.5 Å². The van der Waals surface area contributed by atoms with Crippen molar-refractivity contribution in [3.05, 3.63) is 71.3 Å². The molecule has 0 aromatic heterocycles. The minimum absolute atomic E-state index is 0.146. The Morgan fingerprint density at radius 1 is 0.727 bits per heavy atom. The van der Waals surface area contributed by atoms with E-state index >= 15 is 0 Å². The van der Waals surface area contributed by atoms with Crippen molar-refractivity contribution in [2.24, 2.45) is 5.41 Å². The third kappa shape index (κ3) is 3.54. The lowest BCUT2D eigenvalue weighted by molar-refractivity contribution is -0.275. The fourth-order valence-electron chi connectivity index (χ4n) is 5.79. The molecular weight excluding hydrogens is 430 g/mol. The molecule has 2 atom stereocenters. The van der Waals surface area contributed by atoms with Crippen molar-refractivity contribution in [2.45, 2.75) is 62.6 Å². The SMILES string of the molecule is O=C1C[C@H](c2cccc(F)c2)C2(C(=O)OC3(CCCCC3)OC2=O)[C@H](c2cccc(F)c2)C1. The van der Waals surface area contributed by atoms with E-state index in [4.69, 9.17) is 9.47 Å². The van der Waals surface area contributed by atoms with Crippen molar-refractivity contribution in [1.82, 2.24) is 0 Å². The van der Waals surface area contributed by atoms with Crippen LogP contribution in [0.1, 0.15) is 67.9 Å². The van der Waals surface area contributed by atoms with Gasteiger partial charge in [-0.25, -0.2) is 8.78 Å². The molecule has 0 N–H and O–H groups in total.